The van der Waals surface area contributed by atoms with Gasteiger partial charge >= 0.3 is 0 Å². The maximum atomic E-state index is 3.72. The van der Waals surface area contributed by atoms with Gasteiger partial charge in [-0.1, -0.05) is 26.0 Å². The summed E-state index contributed by atoms with van der Waals surface area (Å²) in [6, 6.07) is 0. The summed E-state index contributed by atoms with van der Waals surface area (Å²) < 4.78 is 0. The van der Waals surface area contributed by atoms with Gasteiger partial charge < -0.3 is 0 Å². The number of hydrogen-bond acceptors (Lipinski definition) is 1. The van der Waals surface area contributed by atoms with Crippen molar-refractivity contribution in [1.29, 1.82) is 0 Å². The Balaban J connectivity index is 3.66. The molecule has 0 N–H and O–H groups in total. The average molecular weight is 142 g/mol. The minimum Gasteiger partial charge on any atom is -0.137 e. The predicted octanol–water partition coefficient (Wildman–Crippen LogP) is 3.22. The Morgan fingerprint density at radius 3 is 2.67 bits per heavy atom. The summed E-state index contributed by atoms with van der Waals surface area (Å²) in [5.41, 5.74) is 1.35. The van der Waals surface area contributed by atoms with Crippen LogP contribution in [0.2, 0.25) is 0 Å². The van der Waals surface area contributed by atoms with Crippen LogP contribution in [-0.4, -0.2) is 6.26 Å². The molecule has 0 atom stereocenters. The topological polar surface area (TPSA) is 0 Å². The SMILES string of the molecule is C=C/C(=C\SC)CCC. The summed E-state index contributed by atoms with van der Waals surface area (Å²) in [4.78, 5) is 0. The van der Waals surface area contributed by atoms with E-state index >= 15 is 0 Å². The van der Waals surface area contributed by atoms with Gasteiger partial charge in [0.15, 0.2) is 0 Å². The van der Waals surface area contributed by atoms with E-state index in [1.165, 1.54) is 12.0 Å². The molecule has 0 bridgehead atoms. The third-order valence-corrected chi connectivity index (χ3v) is 1.61. The number of hydrogen-bond donors (Lipinski definition) is 0. The highest BCUT2D eigenvalue weighted by atomic mass is 32.2. The number of allylic oxidation sites excluding steroid dienone is 2. The van der Waals surface area contributed by atoms with Crippen LogP contribution in [-0.2, 0) is 0 Å². The van der Waals surface area contributed by atoms with Gasteiger partial charge in [0.2, 0.25) is 0 Å². The van der Waals surface area contributed by atoms with Crippen LogP contribution in [0.4, 0.5) is 0 Å². The van der Waals surface area contributed by atoms with E-state index in [1.54, 1.807) is 11.8 Å². The minimum absolute atomic E-state index is 1.16. The van der Waals surface area contributed by atoms with Crippen molar-refractivity contribution in [1.82, 2.24) is 0 Å². The van der Waals surface area contributed by atoms with Crippen molar-refractivity contribution in [2.75, 3.05) is 6.26 Å². The zero-order valence-electron chi connectivity index (χ0n) is 6.18. The van der Waals surface area contributed by atoms with Gasteiger partial charge in [-0.2, -0.15) is 0 Å². The van der Waals surface area contributed by atoms with Crippen LogP contribution < -0.4 is 0 Å². The normalized spacial score (nSPS) is 11.6. The molecule has 0 saturated carbocycles. The van der Waals surface area contributed by atoms with Crippen LogP contribution in [0.15, 0.2) is 23.6 Å². The van der Waals surface area contributed by atoms with E-state index in [0.717, 1.165) is 6.42 Å². The Hall–Kier alpha value is -0.170. The Morgan fingerprint density at radius 1 is 1.67 bits per heavy atom. The average Bonchev–Trinajstić information content (AvgIpc) is 1.88. The Bertz CT molecular complexity index is 103. The lowest BCUT2D eigenvalue weighted by molar-refractivity contribution is 0.929. The summed E-state index contributed by atoms with van der Waals surface area (Å²) in [7, 11) is 0. The van der Waals surface area contributed by atoms with Crippen molar-refractivity contribution >= 4 is 11.8 Å². The molecular weight excluding hydrogens is 128 g/mol. The minimum atomic E-state index is 1.16. The maximum Gasteiger partial charge on any atom is -0.0142 e. The van der Waals surface area contributed by atoms with Crippen LogP contribution in [0.1, 0.15) is 19.8 Å². The molecule has 0 aromatic rings. The molecule has 1 heteroatoms. The van der Waals surface area contributed by atoms with E-state index in [-0.39, 0.29) is 0 Å². The van der Waals surface area contributed by atoms with Crippen LogP contribution in [0, 0.1) is 0 Å². The first-order valence-electron chi connectivity index (χ1n) is 3.19. The van der Waals surface area contributed by atoms with Crippen LogP contribution >= 0.6 is 11.8 Å². The zero-order valence-corrected chi connectivity index (χ0v) is 7.00. The molecule has 0 spiro atoms. The fraction of sp³-hybridized carbons (Fsp3) is 0.500. The largest absolute Gasteiger partial charge is 0.137 e. The Labute approximate surface area is 62.0 Å². The Kier molecular flexibility index (Phi) is 5.85. The molecule has 0 heterocycles. The van der Waals surface area contributed by atoms with E-state index < -0.39 is 0 Å². The maximum absolute atomic E-state index is 3.72. The van der Waals surface area contributed by atoms with Crippen molar-refractivity contribution in [2.24, 2.45) is 0 Å². The van der Waals surface area contributed by atoms with E-state index in [4.69, 9.17) is 0 Å². The second-order valence-electron chi connectivity index (χ2n) is 1.88. The summed E-state index contributed by atoms with van der Waals surface area (Å²) in [6.07, 6.45) is 6.36. The molecule has 0 aliphatic heterocycles. The molecule has 0 aliphatic carbocycles. The third kappa shape index (κ3) is 4.34. The van der Waals surface area contributed by atoms with Gasteiger partial charge in [0, 0.05) is 0 Å². The Morgan fingerprint density at radius 2 is 2.33 bits per heavy atom. The lowest BCUT2D eigenvalue weighted by atomic mass is 10.2. The summed E-state index contributed by atoms with van der Waals surface area (Å²) in [6.45, 7) is 5.89. The molecule has 9 heavy (non-hydrogen) atoms. The lowest BCUT2D eigenvalue weighted by Crippen LogP contribution is -1.73. The monoisotopic (exact) mass is 142 g/mol. The standard InChI is InChI=1S/C8H14S/c1-4-6-8(5-2)7-9-3/h5,7H,2,4,6H2,1,3H3/b8-7+. The molecule has 0 nitrogen and oxygen atoms in total. The van der Waals surface area contributed by atoms with Gasteiger partial charge in [-0.15, -0.1) is 11.8 Å². The van der Waals surface area contributed by atoms with E-state index in [2.05, 4.69) is 25.2 Å². The molecule has 52 valence electrons. The summed E-state index contributed by atoms with van der Waals surface area (Å²) in [5.74, 6) is 0. The number of rotatable bonds is 4. The van der Waals surface area contributed by atoms with E-state index in [0.29, 0.717) is 0 Å². The quantitative estimate of drug-likeness (QED) is 0.543. The van der Waals surface area contributed by atoms with Crippen LogP contribution in [0.3, 0.4) is 0 Å². The molecule has 0 unspecified atom stereocenters. The first-order valence-corrected chi connectivity index (χ1v) is 4.48. The summed E-state index contributed by atoms with van der Waals surface area (Å²) in [5, 5.41) is 2.15. The lowest BCUT2D eigenvalue weighted by Gasteiger charge is -1.94. The summed E-state index contributed by atoms with van der Waals surface area (Å²) >= 11 is 1.74. The van der Waals surface area contributed by atoms with E-state index in [9.17, 15) is 0 Å². The third-order valence-electron chi connectivity index (χ3n) is 1.07. The molecule has 0 rings (SSSR count). The second kappa shape index (κ2) is 5.96. The van der Waals surface area contributed by atoms with Gasteiger partial charge in [0.05, 0.1) is 0 Å². The van der Waals surface area contributed by atoms with Gasteiger partial charge in [0.25, 0.3) is 0 Å². The molecule has 0 aliphatic rings. The molecule has 0 aromatic heterocycles. The van der Waals surface area contributed by atoms with Crippen LogP contribution in [0.25, 0.3) is 0 Å². The molecule has 0 saturated heterocycles. The second-order valence-corrected chi connectivity index (χ2v) is 2.59. The molecule has 0 amide bonds. The van der Waals surface area contributed by atoms with Crippen molar-refractivity contribution in [2.45, 2.75) is 19.8 Å². The molecule has 0 radical (unpaired) electrons. The van der Waals surface area contributed by atoms with E-state index in [1.807, 2.05) is 6.08 Å². The zero-order chi connectivity index (χ0) is 7.11. The highest BCUT2D eigenvalue weighted by molar-refractivity contribution is 8.01. The highest BCUT2D eigenvalue weighted by Crippen LogP contribution is 2.09. The van der Waals surface area contributed by atoms with Crippen LogP contribution in [0.5, 0.6) is 0 Å². The van der Waals surface area contributed by atoms with Gasteiger partial charge in [-0.05, 0) is 23.7 Å². The van der Waals surface area contributed by atoms with Gasteiger partial charge in [-0.25, -0.2) is 0 Å². The smallest absolute Gasteiger partial charge is 0.0142 e. The van der Waals surface area contributed by atoms with Crippen molar-refractivity contribution in [3.63, 3.8) is 0 Å². The number of thioether (sulfide) groups is 1. The fourth-order valence-corrected chi connectivity index (χ4v) is 1.17. The van der Waals surface area contributed by atoms with Gasteiger partial charge in [-0.3, -0.25) is 0 Å². The van der Waals surface area contributed by atoms with Crippen molar-refractivity contribution in [3.05, 3.63) is 23.6 Å². The highest BCUT2D eigenvalue weighted by Gasteiger charge is 1.85. The first-order chi connectivity index (χ1) is 4.35. The van der Waals surface area contributed by atoms with Crippen molar-refractivity contribution in [3.8, 4) is 0 Å². The predicted molar refractivity (Wildman–Crippen MR) is 46.7 cm³/mol. The molecular formula is C8H14S. The van der Waals surface area contributed by atoms with Gasteiger partial charge in [0.1, 0.15) is 0 Å². The molecule has 0 aromatic carbocycles. The first kappa shape index (κ1) is 8.83. The molecule has 0 fully saturated rings. The fourth-order valence-electron chi connectivity index (χ4n) is 0.649. The van der Waals surface area contributed by atoms with Crippen molar-refractivity contribution < 1.29 is 0 Å².